The van der Waals surface area contributed by atoms with Gasteiger partial charge >= 0.3 is 0 Å². The van der Waals surface area contributed by atoms with Gasteiger partial charge in [0.15, 0.2) is 0 Å². The summed E-state index contributed by atoms with van der Waals surface area (Å²) in [5.41, 5.74) is 5.28. The third kappa shape index (κ3) is 5.17. The molecule has 3 nitrogen and oxygen atoms in total. The molecule has 0 radical (unpaired) electrons. The molecule has 0 amide bonds. The van der Waals surface area contributed by atoms with E-state index in [0.717, 1.165) is 37.5 Å². The van der Waals surface area contributed by atoms with E-state index in [9.17, 15) is 0 Å². The normalized spacial score (nSPS) is 14.1. The highest BCUT2D eigenvalue weighted by atomic mass is 16.5. The minimum absolute atomic E-state index is 0.760. The lowest BCUT2D eigenvalue weighted by Gasteiger charge is -2.17. The molecule has 1 heterocycles. The van der Waals surface area contributed by atoms with Crippen LogP contribution in [0.25, 0.3) is 5.57 Å². The molecule has 2 aromatic rings. The molecule has 1 fully saturated rings. The molecule has 0 bridgehead atoms. The van der Waals surface area contributed by atoms with Crippen LogP contribution in [0.5, 0.6) is 11.5 Å². The van der Waals surface area contributed by atoms with Crippen LogP contribution in [0, 0.1) is 0 Å². The van der Waals surface area contributed by atoms with Crippen LogP contribution in [0.1, 0.15) is 50.7 Å². The van der Waals surface area contributed by atoms with E-state index in [1.807, 2.05) is 12.1 Å². The molecule has 0 aliphatic carbocycles. The van der Waals surface area contributed by atoms with Gasteiger partial charge in [0.1, 0.15) is 18.1 Å². The van der Waals surface area contributed by atoms with E-state index in [1.165, 1.54) is 48.2 Å². The quantitative estimate of drug-likeness (QED) is 0.550. The van der Waals surface area contributed by atoms with Gasteiger partial charge in [-0.3, -0.25) is 4.90 Å². The zero-order valence-corrected chi connectivity index (χ0v) is 17.5. The zero-order valence-electron chi connectivity index (χ0n) is 17.5. The number of methoxy groups -OCH3 is 1. The zero-order chi connectivity index (χ0) is 19.8. The maximum atomic E-state index is 5.98. The molecule has 0 unspecified atom stereocenters. The van der Waals surface area contributed by atoms with Gasteiger partial charge < -0.3 is 9.47 Å². The molecule has 1 saturated heterocycles. The smallest absolute Gasteiger partial charge is 0.119 e. The molecule has 150 valence electrons. The van der Waals surface area contributed by atoms with Gasteiger partial charge in [-0.05, 0) is 79.7 Å². The summed E-state index contributed by atoms with van der Waals surface area (Å²) in [4.78, 5) is 2.48. The molecule has 28 heavy (non-hydrogen) atoms. The highest BCUT2D eigenvalue weighted by Gasteiger charge is 2.12. The van der Waals surface area contributed by atoms with Crippen molar-refractivity contribution in [3.63, 3.8) is 0 Å². The number of nitrogens with zero attached hydrogens (tertiary/aromatic N) is 1. The summed E-state index contributed by atoms with van der Waals surface area (Å²) in [5, 5.41) is 0. The third-order valence-corrected chi connectivity index (χ3v) is 5.60. The number of hydrogen-bond donors (Lipinski definition) is 0. The minimum atomic E-state index is 0.760. The van der Waals surface area contributed by atoms with Crippen LogP contribution >= 0.6 is 0 Å². The summed E-state index contributed by atoms with van der Waals surface area (Å²) in [5.74, 6) is 1.84. The lowest BCUT2D eigenvalue weighted by Crippen LogP contribution is -2.25. The highest BCUT2D eigenvalue weighted by molar-refractivity contribution is 5.82. The molecular weight excluding hydrogens is 346 g/mol. The van der Waals surface area contributed by atoms with E-state index < -0.39 is 0 Å². The Hall–Kier alpha value is -2.26. The average molecular weight is 380 g/mol. The van der Waals surface area contributed by atoms with Crippen molar-refractivity contribution < 1.29 is 9.47 Å². The van der Waals surface area contributed by atoms with Crippen molar-refractivity contribution in [3.8, 4) is 11.5 Å². The van der Waals surface area contributed by atoms with Gasteiger partial charge in [0.25, 0.3) is 0 Å². The Labute approximate surface area is 170 Å². The standard InChI is InChI=1S/C25H33NO2/c1-4-20(5-2)25(21-8-12-23(27-3)13-9-21)22-10-14-24(15-11-22)28-19-18-26-16-6-7-17-26/h8-15H,4-7,16-19H2,1-3H3. The molecule has 0 atom stereocenters. The Kier molecular flexibility index (Phi) is 7.55. The van der Waals surface area contributed by atoms with E-state index in [1.54, 1.807) is 7.11 Å². The van der Waals surface area contributed by atoms with Crippen molar-refractivity contribution in [2.75, 3.05) is 33.4 Å². The first-order valence-electron chi connectivity index (χ1n) is 10.6. The lowest BCUT2D eigenvalue weighted by molar-refractivity contribution is 0.238. The molecule has 1 aliphatic heterocycles. The van der Waals surface area contributed by atoms with Crippen molar-refractivity contribution in [2.24, 2.45) is 0 Å². The van der Waals surface area contributed by atoms with Crippen LogP contribution in [0.3, 0.4) is 0 Å². The summed E-state index contributed by atoms with van der Waals surface area (Å²) in [6, 6.07) is 17.0. The van der Waals surface area contributed by atoms with Gasteiger partial charge in [-0.1, -0.05) is 43.7 Å². The van der Waals surface area contributed by atoms with Crippen LogP contribution in [0.15, 0.2) is 54.1 Å². The molecular formula is C25H33NO2. The molecule has 3 rings (SSSR count). The second kappa shape index (κ2) is 10.3. The Bertz CT molecular complexity index is 750. The van der Waals surface area contributed by atoms with Gasteiger partial charge in [-0.2, -0.15) is 0 Å². The number of benzene rings is 2. The second-order valence-electron chi connectivity index (χ2n) is 7.34. The maximum absolute atomic E-state index is 5.98. The molecule has 2 aromatic carbocycles. The lowest BCUT2D eigenvalue weighted by atomic mass is 9.90. The average Bonchev–Trinajstić information content (AvgIpc) is 3.26. The van der Waals surface area contributed by atoms with E-state index in [2.05, 4.69) is 55.1 Å². The first kappa shape index (κ1) is 20.5. The van der Waals surface area contributed by atoms with E-state index in [-0.39, 0.29) is 0 Å². The van der Waals surface area contributed by atoms with Crippen LogP contribution in [0.2, 0.25) is 0 Å². The SMILES string of the molecule is CCC(CC)=C(c1ccc(OC)cc1)c1ccc(OCCN2CCCC2)cc1. The van der Waals surface area contributed by atoms with Gasteiger partial charge in [0.2, 0.25) is 0 Å². The highest BCUT2D eigenvalue weighted by Crippen LogP contribution is 2.32. The predicted octanol–water partition coefficient (Wildman–Crippen LogP) is 5.79. The van der Waals surface area contributed by atoms with Crippen molar-refractivity contribution in [2.45, 2.75) is 39.5 Å². The fraction of sp³-hybridized carbons (Fsp3) is 0.440. The number of allylic oxidation sites excluding steroid dienone is 1. The minimum Gasteiger partial charge on any atom is -0.497 e. The number of hydrogen-bond acceptors (Lipinski definition) is 3. The van der Waals surface area contributed by atoms with Crippen LogP contribution < -0.4 is 9.47 Å². The molecule has 1 aliphatic rings. The fourth-order valence-electron chi connectivity index (χ4n) is 3.95. The first-order valence-corrected chi connectivity index (χ1v) is 10.6. The predicted molar refractivity (Wildman–Crippen MR) is 117 cm³/mol. The molecule has 0 saturated carbocycles. The Balaban J connectivity index is 1.75. The largest absolute Gasteiger partial charge is 0.497 e. The monoisotopic (exact) mass is 379 g/mol. The van der Waals surface area contributed by atoms with Gasteiger partial charge in [0, 0.05) is 6.54 Å². The van der Waals surface area contributed by atoms with E-state index in [0.29, 0.717) is 0 Å². The van der Waals surface area contributed by atoms with Crippen molar-refractivity contribution in [1.29, 1.82) is 0 Å². The molecule has 0 spiro atoms. The summed E-state index contributed by atoms with van der Waals surface area (Å²) in [7, 11) is 1.71. The number of ether oxygens (including phenoxy) is 2. The second-order valence-corrected chi connectivity index (χ2v) is 7.34. The topological polar surface area (TPSA) is 21.7 Å². The summed E-state index contributed by atoms with van der Waals surface area (Å²) < 4.78 is 11.3. The Morgan fingerprint density at radius 3 is 1.86 bits per heavy atom. The number of likely N-dealkylation sites (tertiary alicyclic amines) is 1. The van der Waals surface area contributed by atoms with Crippen LogP contribution in [-0.2, 0) is 0 Å². The maximum Gasteiger partial charge on any atom is 0.119 e. The van der Waals surface area contributed by atoms with Gasteiger partial charge in [0.05, 0.1) is 7.11 Å². The summed E-state index contributed by atoms with van der Waals surface area (Å²) in [6.45, 7) is 8.69. The van der Waals surface area contributed by atoms with Gasteiger partial charge in [-0.15, -0.1) is 0 Å². The third-order valence-electron chi connectivity index (χ3n) is 5.60. The number of rotatable bonds is 9. The summed E-state index contributed by atoms with van der Waals surface area (Å²) in [6.07, 6.45) is 4.75. The molecule has 0 aromatic heterocycles. The van der Waals surface area contributed by atoms with E-state index >= 15 is 0 Å². The fourth-order valence-corrected chi connectivity index (χ4v) is 3.95. The van der Waals surface area contributed by atoms with Gasteiger partial charge in [-0.25, -0.2) is 0 Å². The summed E-state index contributed by atoms with van der Waals surface area (Å²) >= 11 is 0. The molecule has 0 N–H and O–H groups in total. The Morgan fingerprint density at radius 2 is 1.36 bits per heavy atom. The van der Waals surface area contributed by atoms with E-state index in [4.69, 9.17) is 9.47 Å². The van der Waals surface area contributed by atoms with Crippen LogP contribution in [0.4, 0.5) is 0 Å². The van der Waals surface area contributed by atoms with Crippen molar-refractivity contribution in [3.05, 3.63) is 65.2 Å². The molecule has 3 heteroatoms. The Morgan fingerprint density at radius 1 is 0.821 bits per heavy atom. The van der Waals surface area contributed by atoms with Crippen molar-refractivity contribution >= 4 is 5.57 Å². The first-order chi connectivity index (χ1) is 13.7. The van der Waals surface area contributed by atoms with Crippen molar-refractivity contribution in [1.82, 2.24) is 4.90 Å². The van der Waals surface area contributed by atoms with Crippen LogP contribution in [-0.4, -0.2) is 38.3 Å².